The van der Waals surface area contributed by atoms with Gasteiger partial charge < -0.3 is 15.3 Å². The van der Waals surface area contributed by atoms with E-state index < -0.39 is 39.5 Å². The number of phenolic OH excluding ortho intramolecular Hbond substituents is 1. The van der Waals surface area contributed by atoms with Gasteiger partial charge in [-0.25, -0.2) is 0 Å². The molecule has 4 rings (SSSR count). The molecule has 7 nitrogen and oxygen atoms in total. The van der Waals surface area contributed by atoms with E-state index in [2.05, 4.69) is 0 Å². The summed E-state index contributed by atoms with van der Waals surface area (Å²) >= 11 is 0. The highest BCUT2D eigenvalue weighted by atomic mass is 16.3. The number of carbonyl (C=O) groups excluding carboxylic acids is 4. The number of ketones is 4. The van der Waals surface area contributed by atoms with Gasteiger partial charge in [0.25, 0.3) is 0 Å². The largest absolute Gasteiger partial charge is 0.507 e. The normalized spacial score (nSPS) is 28.9. The maximum atomic E-state index is 14.2. The Hall–Kier alpha value is -3.06. The molecule has 3 N–H and O–H groups in total. The van der Waals surface area contributed by atoms with E-state index in [-0.39, 0.29) is 53.4 Å². The molecule has 0 spiro atoms. The molecule has 0 aliphatic heterocycles. The fourth-order valence-corrected chi connectivity index (χ4v) is 7.41. The quantitative estimate of drug-likeness (QED) is 0.360. The van der Waals surface area contributed by atoms with Gasteiger partial charge in [-0.15, -0.1) is 0 Å². The van der Waals surface area contributed by atoms with E-state index >= 15 is 0 Å². The monoisotopic (exact) mass is 522 g/mol. The van der Waals surface area contributed by atoms with Crippen LogP contribution in [0.5, 0.6) is 5.75 Å². The van der Waals surface area contributed by atoms with Crippen molar-refractivity contribution >= 4 is 28.9 Å². The summed E-state index contributed by atoms with van der Waals surface area (Å²) in [6.07, 6.45) is 1.73. The number of fused-ring (bicyclic) bond motifs is 3. The molecule has 0 amide bonds. The molecule has 7 heteroatoms. The summed E-state index contributed by atoms with van der Waals surface area (Å²) < 4.78 is 0. The number of benzene rings is 1. The lowest BCUT2D eigenvalue weighted by Crippen LogP contribution is -2.67. The minimum atomic E-state index is -2.51. The highest BCUT2D eigenvalue weighted by Gasteiger charge is 2.69. The first-order valence-electron chi connectivity index (χ1n) is 13.4. The van der Waals surface area contributed by atoms with Gasteiger partial charge in [0.1, 0.15) is 17.3 Å². The summed E-state index contributed by atoms with van der Waals surface area (Å²) in [5.41, 5.74) is -2.33. The van der Waals surface area contributed by atoms with E-state index in [0.717, 1.165) is 5.56 Å². The summed E-state index contributed by atoms with van der Waals surface area (Å²) in [6, 6.07) is 1.83. The Kier molecular flexibility index (Phi) is 6.63. The Bertz CT molecular complexity index is 1360. The SMILES string of the molecule is CCCC(=O)Cc1cc(C(C)C)c2c(c1O)C(O)=C1C(=O)[C@@]3(O)C(=O)C(C(C)=O)=C(C)C[C@@]3(C)C[C@@]1(C)C2. The van der Waals surface area contributed by atoms with Crippen LogP contribution in [0, 0.1) is 10.8 Å². The zero-order valence-corrected chi connectivity index (χ0v) is 23.4. The van der Waals surface area contributed by atoms with Crippen molar-refractivity contribution in [1.82, 2.24) is 0 Å². The van der Waals surface area contributed by atoms with Gasteiger partial charge in [0.2, 0.25) is 11.6 Å². The molecule has 38 heavy (non-hydrogen) atoms. The van der Waals surface area contributed by atoms with E-state index in [1.807, 2.05) is 33.8 Å². The van der Waals surface area contributed by atoms with Gasteiger partial charge >= 0.3 is 0 Å². The number of hydrogen-bond donors (Lipinski definition) is 3. The van der Waals surface area contributed by atoms with Crippen molar-refractivity contribution < 1.29 is 34.5 Å². The Morgan fingerprint density at radius 1 is 1.08 bits per heavy atom. The summed E-state index contributed by atoms with van der Waals surface area (Å²) in [4.78, 5) is 52.5. The van der Waals surface area contributed by atoms with E-state index in [9.17, 15) is 34.5 Å². The summed E-state index contributed by atoms with van der Waals surface area (Å²) in [5, 5.41) is 34.8. The van der Waals surface area contributed by atoms with Crippen molar-refractivity contribution in [3.63, 3.8) is 0 Å². The number of carbonyl (C=O) groups is 4. The van der Waals surface area contributed by atoms with Crippen LogP contribution in [0.15, 0.2) is 22.8 Å². The minimum Gasteiger partial charge on any atom is -0.507 e. The Morgan fingerprint density at radius 3 is 2.26 bits per heavy atom. The van der Waals surface area contributed by atoms with Crippen molar-refractivity contribution in [3.8, 4) is 5.75 Å². The first-order valence-corrected chi connectivity index (χ1v) is 13.4. The number of Topliss-reactive ketones (excluding diaryl/α,β-unsaturated/α-hetero) is 4. The number of aliphatic hydroxyl groups excluding tert-OH is 1. The second kappa shape index (κ2) is 9.01. The minimum absolute atomic E-state index is 0.00691. The Labute approximate surface area is 223 Å². The third-order valence-electron chi connectivity index (χ3n) is 8.90. The van der Waals surface area contributed by atoms with Crippen LogP contribution >= 0.6 is 0 Å². The molecule has 1 fully saturated rings. The van der Waals surface area contributed by atoms with Gasteiger partial charge in [0.15, 0.2) is 11.4 Å². The average molecular weight is 523 g/mol. The number of aliphatic hydroxyl groups is 2. The molecule has 1 saturated carbocycles. The Morgan fingerprint density at radius 2 is 1.71 bits per heavy atom. The van der Waals surface area contributed by atoms with Crippen molar-refractivity contribution in [2.45, 2.75) is 98.5 Å². The molecular formula is C31H38O7. The van der Waals surface area contributed by atoms with Gasteiger partial charge in [-0.3, -0.25) is 19.2 Å². The summed E-state index contributed by atoms with van der Waals surface area (Å²) in [6.45, 7) is 12.3. The van der Waals surface area contributed by atoms with Crippen LogP contribution in [0.25, 0.3) is 5.76 Å². The zero-order valence-electron chi connectivity index (χ0n) is 23.4. The van der Waals surface area contributed by atoms with Crippen LogP contribution in [0.4, 0.5) is 0 Å². The standard InChI is InChI=1S/C31H38O7/c1-8-9-19(33)10-18-11-20(15(2)3)21-13-29(6)14-30(7)12-16(4)22(17(5)32)27(36)31(30,38)28(37)24(29)26(35)23(21)25(18)34/h11,15,34-35,38H,8-10,12-14H2,1-7H3/t29-,30+,31+/m1/s1. The lowest BCUT2D eigenvalue weighted by molar-refractivity contribution is -0.171. The zero-order chi connectivity index (χ0) is 28.5. The van der Waals surface area contributed by atoms with Crippen LogP contribution in [-0.4, -0.2) is 44.1 Å². The van der Waals surface area contributed by atoms with Gasteiger partial charge in [0, 0.05) is 34.8 Å². The van der Waals surface area contributed by atoms with E-state index in [4.69, 9.17) is 0 Å². The van der Waals surface area contributed by atoms with Crippen molar-refractivity contribution in [2.24, 2.45) is 10.8 Å². The maximum absolute atomic E-state index is 14.2. The predicted octanol–water partition coefficient (Wildman–Crippen LogP) is 4.85. The van der Waals surface area contributed by atoms with E-state index in [1.165, 1.54) is 6.92 Å². The lowest BCUT2D eigenvalue weighted by atomic mass is 9.46. The van der Waals surface area contributed by atoms with Gasteiger partial charge in [-0.2, -0.15) is 0 Å². The third-order valence-corrected chi connectivity index (χ3v) is 8.90. The van der Waals surface area contributed by atoms with Crippen molar-refractivity contribution in [2.75, 3.05) is 0 Å². The Balaban J connectivity index is 1.99. The molecular weight excluding hydrogens is 484 g/mol. The highest BCUT2D eigenvalue weighted by Crippen LogP contribution is 2.62. The van der Waals surface area contributed by atoms with Gasteiger partial charge in [0.05, 0.1) is 11.1 Å². The average Bonchev–Trinajstić information content (AvgIpc) is 2.77. The van der Waals surface area contributed by atoms with Crippen molar-refractivity contribution in [3.05, 3.63) is 45.0 Å². The molecule has 1 aromatic rings. The van der Waals surface area contributed by atoms with E-state index in [0.29, 0.717) is 36.0 Å². The number of hydrogen-bond acceptors (Lipinski definition) is 7. The number of rotatable bonds is 6. The first-order chi connectivity index (χ1) is 17.5. The molecule has 204 valence electrons. The van der Waals surface area contributed by atoms with Crippen LogP contribution in [0.2, 0.25) is 0 Å². The second-order valence-electron chi connectivity index (χ2n) is 12.4. The lowest BCUT2D eigenvalue weighted by Gasteiger charge is -2.56. The molecule has 3 atom stereocenters. The van der Waals surface area contributed by atoms with Crippen LogP contribution in [0.1, 0.15) is 102 Å². The number of aromatic hydroxyl groups is 1. The molecule has 0 heterocycles. The molecule has 3 aliphatic carbocycles. The fourth-order valence-electron chi connectivity index (χ4n) is 7.41. The van der Waals surface area contributed by atoms with Gasteiger partial charge in [-0.05, 0) is 56.6 Å². The molecule has 0 saturated heterocycles. The maximum Gasteiger partial charge on any atom is 0.206 e. The number of allylic oxidation sites excluding steroid dienone is 1. The third kappa shape index (κ3) is 3.73. The molecule has 0 radical (unpaired) electrons. The van der Waals surface area contributed by atoms with Crippen LogP contribution in [0.3, 0.4) is 0 Å². The summed E-state index contributed by atoms with van der Waals surface area (Å²) in [5.74, 6) is -3.14. The predicted molar refractivity (Wildman–Crippen MR) is 143 cm³/mol. The fraction of sp³-hybridized carbons (Fsp3) is 0.548. The van der Waals surface area contributed by atoms with Crippen LogP contribution < -0.4 is 0 Å². The molecule has 3 aliphatic rings. The smallest absolute Gasteiger partial charge is 0.206 e. The molecule has 1 aromatic carbocycles. The first kappa shape index (κ1) is 28.0. The molecule has 0 bridgehead atoms. The molecule has 0 aromatic heterocycles. The second-order valence-corrected chi connectivity index (χ2v) is 12.4. The van der Waals surface area contributed by atoms with Crippen molar-refractivity contribution in [1.29, 1.82) is 0 Å². The topological polar surface area (TPSA) is 129 Å². The van der Waals surface area contributed by atoms with Gasteiger partial charge in [-0.1, -0.05) is 46.3 Å². The number of phenols is 1. The van der Waals surface area contributed by atoms with Crippen LogP contribution in [-0.2, 0) is 32.0 Å². The molecule has 0 unspecified atom stereocenters. The highest BCUT2D eigenvalue weighted by molar-refractivity contribution is 6.33. The summed E-state index contributed by atoms with van der Waals surface area (Å²) in [7, 11) is 0. The van der Waals surface area contributed by atoms with E-state index in [1.54, 1.807) is 13.8 Å².